The van der Waals surface area contributed by atoms with Crippen molar-refractivity contribution >= 4 is 66.1 Å². The molecule has 10 nitrogen and oxygen atoms in total. The van der Waals surface area contributed by atoms with E-state index in [-0.39, 0.29) is 29.8 Å². The van der Waals surface area contributed by atoms with E-state index in [9.17, 15) is 25.1 Å². The fourth-order valence-corrected chi connectivity index (χ4v) is 11.5. The molecule has 0 unspecified atom stereocenters. The minimum absolute atomic E-state index is 0.108. The summed E-state index contributed by atoms with van der Waals surface area (Å²) in [6.45, 7) is 8.05. The standard InChI is InChI=1S/C60H47N3O7S/c1-32-18-22-50(68-31-37-11-7-10-36(24-37)30-61)53-46(60(66)67)29-48(63-55(32)53)58-35(4)44-21-20-41(27-52(44)71-58)39-13-8-12-38(25-39)40-14-9-15-42(26-40)69-51-23-19-33(2)56-54(51)45(59(64)65)28-47(62-56)57-34(3)43-16-5-6-17-49(43)70-57/h5-8,10-13,16-25,27-29,40,42H,9,14-15,26,31H2,1-4H3,(H,64,65)(H,66,67)/t40-,42-/m0/s1. The molecule has 0 amide bonds. The van der Waals surface area contributed by atoms with Crippen molar-refractivity contribution in [3.8, 4) is 50.7 Å². The van der Waals surface area contributed by atoms with E-state index in [1.54, 1.807) is 47.7 Å². The minimum atomic E-state index is -1.07. The monoisotopic (exact) mass is 953 g/mol. The smallest absolute Gasteiger partial charge is 0.336 e. The highest BCUT2D eigenvalue weighted by Gasteiger charge is 2.28. The number of ether oxygens (including phenoxy) is 2. The van der Waals surface area contributed by atoms with Gasteiger partial charge in [0, 0.05) is 15.6 Å². The first-order chi connectivity index (χ1) is 34.4. The van der Waals surface area contributed by atoms with Gasteiger partial charge in [0.2, 0.25) is 0 Å². The molecule has 71 heavy (non-hydrogen) atoms. The number of carboxylic acids is 2. The van der Waals surface area contributed by atoms with Crippen LogP contribution in [0.5, 0.6) is 11.5 Å². The maximum absolute atomic E-state index is 13.0. The van der Waals surface area contributed by atoms with Gasteiger partial charge in [0.15, 0.2) is 5.76 Å². The highest BCUT2D eigenvalue weighted by molar-refractivity contribution is 7.22. The third-order valence-electron chi connectivity index (χ3n) is 14.0. The Balaban J connectivity index is 0.862. The second kappa shape index (κ2) is 18.2. The first kappa shape index (κ1) is 45.1. The average Bonchev–Trinajstić information content (AvgIpc) is 3.91. The largest absolute Gasteiger partial charge is 0.490 e. The van der Waals surface area contributed by atoms with Crippen molar-refractivity contribution < 1.29 is 33.7 Å². The Hall–Kier alpha value is -8.33. The molecule has 6 aromatic carbocycles. The van der Waals surface area contributed by atoms with E-state index in [0.29, 0.717) is 56.0 Å². The number of benzene rings is 6. The molecule has 0 bridgehead atoms. The summed E-state index contributed by atoms with van der Waals surface area (Å²) in [5.41, 5.74) is 11.5. The van der Waals surface area contributed by atoms with Gasteiger partial charge in [-0.2, -0.15) is 5.26 Å². The first-order valence-electron chi connectivity index (χ1n) is 23.7. The normalized spacial score (nSPS) is 14.8. The molecule has 1 fully saturated rings. The number of aromatic nitrogens is 2. The minimum Gasteiger partial charge on any atom is -0.490 e. The molecule has 0 spiro atoms. The third-order valence-corrected chi connectivity index (χ3v) is 15.3. The van der Waals surface area contributed by atoms with Crippen molar-refractivity contribution in [2.45, 2.75) is 72.0 Å². The van der Waals surface area contributed by atoms with Gasteiger partial charge in [-0.25, -0.2) is 19.6 Å². The number of aryl methyl sites for hydroxylation is 4. The van der Waals surface area contributed by atoms with E-state index in [4.69, 9.17) is 23.9 Å². The Bertz CT molecular complexity index is 3860. The Labute approximate surface area is 413 Å². The number of rotatable bonds is 11. The number of carbonyl (C=O) groups is 2. The molecule has 11 heteroatoms. The molecule has 2 N–H and O–H groups in total. The lowest BCUT2D eigenvalue weighted by Crippen LogP contribution is -2.24. The van der Waals surface area contributed by atoms with Gasteiger partial charge in [-0.3, -0.25) is 0 Å². The lowest BCUT2D eigenvalue weighted by Gasteiger charge is -2.30. The van der Waals surface area contributed by atoms with E-state index >= 15 is 0 Å². The lowest BCUT2D eigenvalue weighted by molar-refractivity contribution is 0.0687. The summed E-state index contributed by atoms with van der Waals surface area (Å²) in [4.78, 5) is 36.9. The van der Waals surface area contributed by atoms with Gasteiger partial charge in [-0.15, -0.1) is 11.3 Å². The predicted molar refractivity (Wildman–Crippen MR) is 279 cm³/mol. The molecule has 0 radical (unpaired) electrons. The first-order valence-corrected chi connectivity index (χ1v) is 24.5. The molecule has 4 heterocycles. The van der Waals surface area contributed by atoms with Crippen LogP contribution in [0.15, 0.2) is 132 Å². The topological polar surface area (TPSA) is 156 Å². The lowest BCUT2D eigenvalue weighted by atomic mass is 9.81. The number of pyridine rings is 2. The molecule has 10 aromatic rings. The molecule has 1 saturated carbocycles. The van der Waals surface area contributed by atoms with Gasteiger partial charge in [0.05, 0.1) is 61.2 Å². The SMILES string of the molecule is Cc1c(-c2cc(C(=O)O)c3c(O[C@H]4CCC[C@H](c5cccc(-c6ccc7c(C)c(-c8cc(C(=O)O)c9c(OCc%10cccc(C#N)c%10)ccc(C)c9n8)sc7c6)c5)C4)ccc(C)c3n2)oc2ccccc12. The van der Waals surface area contributed by atoms with Crippen LogP contribution in [0.1, 0.15) is 91.3 Å². The van der Waals surface area contributed by atoms with Crippen LogP contribution < -0.4 is 9.47 Å². The zero-order chi connectivity index (χ0) is 49.1. The zero-order valence-corrected chi connectivity index (χ0v) is 40.3. The van der Waals surface area contributed by atoms with Gasteiger partial charge in [0.25, 0.3) is 0 Å². The van der Waals surface area contributed by atoms with Crippen molar-refractivity contribution in [2.24, 2.45) is 0 Å². The van der Waals surface area contributed by atoms with Crippen LogP contribution in [0.2, 0.25) is 0 Å². The molecular weight excluding hydrogens is 907 g/mol. The average molecular weight is 954 g/mol. The molecule has 0 aliphatic heterocycles. The van der Waals surface area contributed by atoms with Crippen molar-refractivity contribution in [3.05, 3.63) is 177 Å². The quantitative estimate of drug-likeness (QED) is 0.128. The number of para-hydroxylation sites is 1. The maximum Gasteiger partial charge on any atom is 0.336 e. The number of hydrogen-bond donors (Lipinski definition) is 2. The number of hydrogen-bond acceptors (Lipinski definition) is 9. The highest BCUT2D eigenvalue weighted by atomic mass is 32.1. The fourth-order valence-electron chi connectivity index (χ4n) is 10.3. The summed E-state index contributed by atoms with van der Waals surface area (Å²) in [5, 5.41) is 33.5. The van der Waals surface area contributed by atoms with E-state index in [2.05, 4.69) is 55.5 Å². The molecule has 350 valence electrons. The number of aromatic carboxylic acids is 2. The van der Waals surface area contributed by atoms with Crippen LogP contribution in [0.4, 0.5) is 0 Å². The Morgan fingerprint density at radius 3 is 2.18 bits per heavy atom. The number of carboxylic acid groups (broad SMARTS) is 2. The summed E-state index contributed by atoms with van der Waals surface area (Å²) >= 11 is 1.60. The van der Waals surface area contributed by atoms with Crippen LogP contribution in [-0.2, 0) is 6.61 Å². The Kier molecular flexibility index (Phi) is 11.6. The highest BCUT2D eigenvalue weighted by Crippen LogP contribution is 2.44. The molecule has 11 rings (SSSR count). The third kappa shape index (κ3) is 8.30. The van der Waals surface area contributed by atoms with Gasteiger partial charge in [-0.1, -0.05) is 78.9 Å². The maximum atomic E-state index is 13.0. The van der Waals surface area contributed by atoms with Crippen LogP contribution in [-0.4, -0.2) is 38.2 Å². The molecule has 1 aliphatic carbocycles. The Morgan fingerprint density at radius 1 is 0.718 bits per heavy atom. The summed E-state index contributed by atoms with van der Waals surface area (Å²) in [6.07, 6.45) is 3.46. The number of fused-ring (bicyclic) bond motifs is 4. The summed E-state index contributed by atoms with van der Waals surface area (Å²) in [7, 11) is 0. The number of nitrogens with zero attached hydrogens (tertiary/aromatic N) is 3. The van der Waals surface area contributed by atoms with Crippen LogP contribution in [0, 0.1) is 39.0 Å². The van der Waals surface area contributed by atoms with Crippen molar-refractivity contribution in [1.29, 1.82) is 5.26 Å². The van der Waals surface area contributed by atoms with Gasteiger partial charge < -0.3 is 24.1 Å². The second-order valence-corrected chi connectivity index (χ2v) is 19.6. The Morgan fingerprint density at radius 2 is 1.42 bits per heavy atom. The molecule has 1 aliphatic rings. The molecular formula is C60H47N3O7S. The van der Waals surface area contributed by atoms with Gasteiger partial charge in [-0.05, 0) is 152 Å². The van der Waals surface area contributed by atoms with Crippen LogP contribution >= 0.6 is 11.3 Å². The van der Waals surface area contributed by atoms with E-state index < -0.39 is 11.9 Å². The zero-order valence-electron chi connectivity index (χ0n) is 39.5. The number of nitriles is 1. The number of thiophene rings is 1. The molecule has 4 aromatic heterocycles. The number of furan rings is 1. The molecule has 2 atom stereocenters. The van der Waals surface area contributed by atoms with Gasteiger partial charge >= 0.3 is 11.9 Å². The van der Waals surface area contributed by atoms with Crippen molar-refractivity contribution in [2.75, 3.05) is 0 Å². The van der Waals surface area contributed by atoms with Gasteiger partial charge in [0.1, 0.15) is 29.4 Å². The second-order valence-electron chi connectivity index (χ2n) is 18.6. The van der Waals surface area contributed by atoms with E-state index in [0.717, 1.165) is 90.6 Å². The molecule has 0 saturated heterocycles. The predicted octanol–water partition coefficient (Wildman–Crippen LogP) is 14.9. The van der Waals surface area contributed by atoms with Crippen molar-refractivity contribution in [1.82, 2.24) is 9.97 Å². The van der Waals surface area contributed by atoms with Crippen LogP contribution in [0.25, 0.3) is 76.0 Å². The van der Waals surface area contributed by atoms with E-state index in [1.165, 1.54) is 5.56 Å². The van der Waals surface area contributed by atoms with E-state index in [1.807, 2.05) is 69.3 Å². The summed E-state index contributed by atoms with van der Waals surface area (Å²) < 4.78 is 20.3. The van der Waals surface area contributed by atoms with Crippen LogP contribution in [0.3, 0.4) is 0 Å². The summed E-state index contributed by atoms with van der Waals surface area (Å²) in [6, 6.07) is 43.0. The fraction of sp³-hybridized carbons (Fsp3) is 0.183. The summed E-state index contributed by atoms with van der Waals surface area (Å²) in [5.74, 6) is -0.413. The van der Waals surface area contributed by atoms with Crippen molar-refractivity contribution in [3.63, 3.8) is 0 Å².